The molecule has 0 radical (unpaired) electrons. The Balaban J connectivity index is 3.21. The molecule has 0 amide bonds. The summed E-state index contributed by atoms with van der Waals surface area (Å²) in [7, 11) is 0. The first-order valence-electron chi connectivity index (χ1n) is 4.78. The molecule has 0 aliphatic heterocycles. The molecule has 3 N–H and O–H groups in total. The molecule has 0 heterocycles. The Bertz CT molecular complexity index is 111. The highest BCUT2D eigenvalue weighted by molar-refractivity contribution is 4.60. The lowest BCUT2D eigenvalue weighted by Gasteiger charge is -2.13. The van der Waals surface area contributed by atoms with E-state index in [2.05, 4.69) is 5.32 Å². The highest BCUT2D eigenvalue weighted by atomic mass is 16.5. The van der Waals surface area contributed by atoms with Crippen molar-refractivity contribution in [1.82, 2.24) is 5.32 Å². The number of aliphatic hydroxyl groups is 2. The topological polar surface area (TPSA) is 61.7 Å². The Morgan fingerprint density at radius 2 is 2.08 bits per heavy atom. The van der Waals surface area contributed by atoms with Crippen LogP contribution in [-0.2, 0) is 4.74 Å². The predicted octanol–water partition coefficient (Wildman–Crippen LogP) is -0.398. The highest BCUT2D eigenvalue weighted by Crippen LogP contribution is 1.89. The van der Waals surface area contributed by atoms with Crippen LogP contribution in [0.2, 0.25) is 0 Å². The van der Waals surface area contributed by atoms with Gasteiger partial charge in [-0.2, -0.15) is 0 Å². The summed E-state index contributed by atoms with van der Waals surface area (Å²) in [5.74, 6) is 0.235. The maximum atomic E-state index is 9.32. The van der Waals surface area contributed by atoms with E-state index >= 15 is 0 Å². The van der Waals surface area contributed by atoms with E-state index in [4.69, 9.17) is 9.84 Å². The summed E-state index contributed by atoms with van der Waals surface area (Å²) in [6.45, 7) is 6.26. The zero-order valence-electron chi connectivity index (χ0n) is 8.49. The molecule has 0 bridgehead atoms. The molecule has 0 saturated heterocycles. The summed E-state index contributed by atoms with van der Waals surface area (Å²) >= 11 is 0. The van der Waals surface area contributed by atoms with Crippen molar-refractivity contribution in [3.05, 3.63) is 0 Å². The van der Waals surface area contributed by atoms with Gasteiger partial charge in [0, 0.05) is 19.8 Å². The monoisotopic (exact) mass is 191 g/mol. The van der Waals surface area contributed by atoms with Crippen LogP contribution in [0, 0.1) is 5.92 Å². The van der Waals surface area contributed by atoms with Gasteiger partial charge in [-0.05, 0) is 19.4 Å². The average molecular weight is 191 g/mol. The van der Waals surface area contributed by atoms with Gasteiger partial charge in [0.25, 0.3) is 0 Å². The Hall–Kier alpha value is -0.160. The first-order valence-corrected chi connectivity index (χ1v) is 4.78. The van der Waals surface area contributed by atoms with E-state index < -0.39 is 6.10 Å². The van der Waals surface area contributed by atoms with Crippen LogP contribution in [-0.4, -0.2) is 49.2 Å². The molecule has 0 aromatic carbocycles. The maximum Gasteiger partial charge on any atom is 0.0897 e. The molecule has 2 atom stereocenters. The van der Waals surface area contributed by atoms with Gasteiger partial charge in [-0.3, -0.25) is 0 Å². The third kappa shape index (κ3) is 8.18. The summed E-state index contributed by atoms with van der Waals surface area (Å²) in [6, 6.07) is 0. The van der Waals surface area contributed by atoms with Crippen molar-refractivity contribution in [3.63, 3.8) is 0 Å². The number of rotatable bonds is 8. The van der Waals surface area contributed by atoms with Crippen molar-refractivity contribution in [2.45, 2.75) is 20.0 Å². The Labute approximate surface area is 79.9 Å². The molecule has 0 rings (SSSR count). The van der Waals surface area contributed by atoms with Gasteiger partial charge in [-0.25, -0.2) is 0 Å². The molecule has 4 nitrogen and oxygen atoms in total. The van der Waals surface area contributed by atoms with E-state index in [1.807, 2.05) is 13.8 Å². The van der Waals surface area contributed by atoms with Crippen molar-refractivity contribution in [2.24, 2.45) is 5.92 Å². The minimum atomic E-state index is -0.453. The van der Waals surface area contributed by atoms with Crippen molar-refractivity contribution in [3.8, 4) is 0 Å². The van der Waals surface area contributed by atoms with Crippen molar-refractivity contribution in [1.29, 1.82) is 0 Å². The van der Waals surface area contributed by atoms with Gasteiger partial charge in [0.15, 0.2) is 0 Å². The van der Waals surface area contributed by atoms with Gasteiger partial charge in [0.05, 0.1) is 12.7 Å². The summed E-state index contributed by atoms with van der Waals surface area (Å²) in [4.78, 5) is 0. The van der Waals surface area contributed by atoms with E-state index in [0.29, 0.717) is 19.8 Å². The molecule has 0 spiro atoms. The van der Waals surface area contributed by atoms with E-state index in [9.17, 15) is 5.11 Å². The summed E-state index contributed by atoms with van der Waals surface area (Å²) in [5.41, 5.74) is 0. The Morgan fingerprint density at radius 3 is 2.62 bits per heavy atom. The van der Waals surface area contributed by atoms with E-state index in [1.54, 1.807) is 0 Å². The molecule has 0 fully saturated rings. The van der Waals surface area contributed by atoms with Gasteiger partial charge >= 0.3 is 0 Å². The number of ether oxygens (including phenoxy) is 1. The smallest absolute Gasteiger partial charge is 0.0897 e. The SMILES string of the molecule is CCOCC(O)CNCC(C)CO. The van der Waals surface area contributed by atoms with Crippen LogP contribution < -0.4 is 5.32 Å². The zero-order chi connectivity index (χ0) is 10.1. The molecule has 4 heteroatoms. The van der Waals surface area contributed by atoms with Gasteiger partial charge in [0.2, 0.25) is 0 Å². The molecule has 0 saturated carbocycles. The van der Waals surface area contributed by atoms with Crippen LogP contribution in [0.4, 0.5) is 0 Å². The van der Waals surface area contributed by atoms with Crippen LogP contribution in [0.5, 0.6) is 0 Å². The molecule has 0 aromatic heterocycles. The van der Waals surface area contributed by atoms with Crippen molar-refractivity contribution in [2.75, 3.05) is 32.9 Å². The third-order valence-corrected chi connectivity index (χ3v) is 1.70. The average Bonchev–Trinajstić information content (AvgIpc) is 2.14. The lowest BCUT2D eigenvalue weighted by atomic mass is 10.2. The van der Waals surface area contributed by atoms with Crippen LogP contribution in [0.1, 0.15) is 13.8 Å². The van der Waals surface area contributed by atoms with Gasteiger partial charge in [0.1, 0.15) is 0 Å². The number of nitrogens with one attached hydrogen (secondary N) is 1. The lowest BCUT2D eigenvalue weighted by Crippen LogP contribution is -2.33. The molecular formula is C9H21NO3. The van der Waals surface area contributed by atoms with Crippen LogP contribution >= 0.6 is 0 Å². The van der Waals surface area contributed by atoms with Crippen LogP contribution in [0.15, 0.2) is 0 Å². The molecule has 0 aliphatic carbocycles. The van der Waals surface area contributed by atoms with Gasteiger partial charge in [-0.1, -0.05) is 6.92 Å². The van der Waals surface area contributed by atoms with Gasteiger partial charge in [-0.15, -0.1) is 0 Å². The molecule has 80 valence electrons. The number of aliphatic hydroxyl groups excluding tert-OH is 2. The normalized spacial score (nSPS) is 15.7. The fraction of sp³-hybridized carbons (Fsp3) is 1.00. The van der Waals surface area contributed by atoms with Crippen LogP contribution in [0.25, 0.3) is 0 Å². The van der Waals surface area contributed by atoms with Gasteiger partial charge < -0.3 is 20.3 Å². The largest absolute Gasteiger partial charge is 0.396 e. The predicted molar refractivity (Wildman–Crippen MR) is 51.6 cm³/mol. The molecule has 0 aliphatic rings. The third-order valence-electron chi connectivity index (χ3n) is 1.70. The van der Waals surface area contributed by atoms with Crippen molar-refractivity contribution >= 4 is 0 Å². The summed E-state index contributed by atoms with van der Waals surface area (Å²) < 4.78 is 5.04. The Morgan fingerprint density at radius 1 is 1.38 bits per heavy atom. The minimum Gasteiger partial charge on any atom is -0.396 e. The standard InChI is InChI=1S/C9H21NO3/c1-3-13-7-9(12)5-10-4-8(2)6-11/h8-12H,3-7H2,1-2H3. The minimum absolute atomic E-state index is 0.175. The first kappa shape index (κ1) is 12.8. The molecule has 2 unspecified atom stereocenters. The summed E-state index contributed by atoms with van der Waals surface area (Å²) in [5, 5.41) is 21.1. The molecule has 13 heavy (non-hydrogen) atoms. The second kappa shape index (κ2) is 8.44. The lowest BCUT2D eigenvalue weighted by molar-refractivity contribution is 0.0421. The second-order valence-corrected chi connectivity index (χ2v) is 3.26. The zero-order valence-corrected chi connectivity index (χ0v) is 8.49. The first-order chi connectivity index (χ1) is 6.20. The quantitative estimate of drug-likeness (QED) is 0.488. The number of hydrogen-bond acceptors (Lipinski definition) is 4. The van der Waals surface area contributed by atoms with Crippen LogP contribution in [0.3, 0.4) is 0 Å². The van der Waals surface area contributed by atoms with E-state index in [1.165, 1.54) is 0 Å². The maximum absolute atomic E-state index is 9.32. The number of hydrogen-bond donors (Lipinski definition) is 3. The second-order valence-electron chi connectivity index (χ2n) is 3.26. The fourth-order valence-corrected chi connectivity index (χ4v) is 0.874. The van der Waals surface area contributed by atoms with Crippen molar-refractivity contribution < 1.29 is 14.9 Å². The highest BCUT2D eigenvalue weighted by Gasteiger charge is 2.04. The fourth-order valence-electron chi connectivity index (χ4n) is 0.874. The summed E-state index contributed by atoms with van der Waals surface area (Å²) in [6.07, 6.45) is -0.453. The van der Waals surface area contributed by atoms with E-state index in [0.717, 1.165) is 6.54 Å². The molecule has 0 aromatic rings. The molecular weight excluding hydrogens is 170 g/mol. The van der Waals surface area contributed by atoms with E-state index in [-0.39, 0.29) is 12.5 Å². The Kier molecular flexibility index (Phi) is 8.33.